The summed E-state index contributed by atoms with van der Waals surface area (Å²) in [7, 11) is 0. The number of hydrogen-bond acceptors (Lipinski definition) is 1. The summed E-state index contributed by atoms with van der Waals surface area (Å²) < 4.78 is 4.13. The van der Waals surface area contributed by atoms with Crippen molar-refractivity contribution in [2.75, 3.05) is 0 Å². The standard InChI is InChI=1S/C9H17N2O/c1-3-4-10-5-6-11(8-10)7-9(2)12/h5-6,8-9,12H,3-4,7H2,1-2H3/q+1. The summed E-state index contributed by atoms with van der Waals surface area (Å²) in [6.07, 6.45) is 6.92. The lowest BCUT2D eigenvalue weighted by molar-refractivity contribution is -0.702. The number of aryl methyl sites for hydroxylation is 1. The number of nitrogens with zero attached hydrogens (tertiary/aromatic N) is 2. The van der Waals surface area contributed by atoms with Crippen molar-refractivity contribution in [1.82, 2.24) is 4.57 Å². The smallest absolute Gasteiger partial charge is 0.243 e. The molecule has 1 aromatic heterocycles. The summed E-state index contributed by atoms with van der Waals surface area (Å²) in [6.45, 7) is 5.67. The predicted octanol–water partition coefficient (Wildman–Crippen LogP) is 0.566. The van der Waals surface area contributed by atoms with E-state index in [1.165, 1.54) is 0 Å². The number of aliphatic hydroxyl groups is 1. The van der Waals surface area contributed by atoms with Crippen LogP contribution in [0, 0.1) is 0 Å². The molecule has 0 aliphatic rings. The second-order valence-electron chi connectivity index (χ2n) is 3.20. The molecule has 68 valence electrons. The molecule has 0 spiro atoms. The molecule has 1 unspecified atom stereocenters. The third-order valence-electron chi connectivity index (χ3n) is 1.70. The van der Waals surface area contributed by atoms with Crippen LogP contribution in [0.1, 0.15) is 20.3 Å². The van der Waals surface area contributed by atoms with Crippen LogP contribution >= 0.6 is 0 Å². The monoisotopic (exact) mass is 169 g/mol. The van der Waals surface area contributed by atoms with Crippen molar-refractivity contribution >= 4 is 0 Å². The Labute approximate surface area is 73.3 Å². The zero-order chi connectivity index (χ0) is 8.97. The van der Waals surface area contributed by atoms with Crippen molar-refractivity contribution in [3.63, 3.8) is 0 Å². The summed E-state index contributed by atoms with van der Waals surface area (Å²) in [5.74, 6) is 0. The molecule has 12 heavy (non-hydrogen) atoms. The van der Waals surface area contributed by atoms with E-state index in [2.05, 4.69) is 11.5 Å². The van der Waals surface area contributed by atoms with Gasteiger partial charge in [0.15, 0.2) is 0 Å². The van der Waals surface area contributed by atoms with Crippen molar-refractivity contribution < 1.29 is 9.67 Å². The summed E-state index contributed by atoms with van der Waals surface area (Å²) in [5.41, 5.74) is 0. The maximum absolute atomic E-state index is 9.11. The van der Waals surface area contributed by atoms with Crippen LogP contribution in [0.25, 0.3) is 0 Å². The molecule has 0 aliphatic heterocycles. The lowest BCUT2D eigenvalue weighted by atomic mass is 10.4. The first-order valence-electron chi connectivity index (χ1n) is 4.45. The van der Waals surface area contributed by atoms with Crippen molar-refractivity contribution in [1.29, 1.82) is 0 Å². The Morgan fingerprint density at radius 1 is 1.58 bits per heavy atom. The van der Waals surface area contributed by atoms with Crippen LogP contribution in [0.3, 0.4) is 0 Å². The van der Waals surface area contributed by atoms with Gasteiger partial charge in [-0.2, -0.15) is 0 Å². The Morgan fingerprint density at radius 2 is 2.33 bits per heavy atom. The third kappa shape index (κ3) is 2.66. The molecule has 3 nitrogen and oxygen atoms in total. The van der Waals surface area contributed by atoms with Gasteiger partial charge in [-0.3, -0.25) is 0 Å². The minimum Gasteiger partial charge on any atom is -0.389 e. The molecule has 3 heteroatoms. The number of aromatic nitrogens is 2. The minimum atomic E-state index is -0.271. The molecule has 0 bridgehead atoms. The first kappa shape index (κ1) is 9.26. The van der Waals surface area contributed by atoms with Crippen molar-refractivity contribution in [3.05, 3.63) is 18.7 Å². The molecule has 0 amide bonds. The Kier molecular flexibility index (Phi) is 3.29. The summed E-state index contributed by atoms with van der Waals surface area (Å²) in [6, 6.07) is 0. The van der Waals surface area contributed by atoms with Crippen LogP contribution in [0.4, 0.5) is 0 Å². The van der Waals surface area contributed by atoms with Gasteiger partial charge in [0.25, 0.3) is 0 Å². The van der Waals surface area contributed by atoms with E-state index in [0.29, 0.717) is 6.54 Å². The van der Waals surface area contributed by atoms with Gasteiger partial charge in [-0.05, 0) is 13.3 Å². The second kappa shape index (κ2) is 4.26. The zero-order valence-electron chi connectivity index (χ0n) is 7.77. The second-order valence-corrected chi connectivity index (χ2v) is 3.20. The van der Waals surface area contributed by atoms with E-state index in [4.69, 9.17) is 5.11 Å². The van der Waals surface area contributed by atoms with Crippen LogP contribution in [-0.4, -0.2) is 15.8 Å². The SMILES string of the molecule is CCCn1cc[n+](CC(C)O)c1. The first-order valence-corrected chi connectivity index (χ1v) is 4.45. The van der Waals surface area contributed by atoms with Crippen molar-refractivity contribution in [2.45, 2.75) is 39.5 Å². The van der Waals surface area contributed by atoms with E-state index in [-0.39, 0.29) is 6.10 Å². The molecule has 0 saturated heterocycles. The fourth-order valence-electron chi connectivity index (χ4n) is 1.24. The van der Waals surface area contributed by atoms with E-state index in [9.17, 15) is 0 Å². The van der Waals surface area contributed by atoms with E-state index < -0.39 is 0 Å². The molecule has 0 fully saturated rings. The highest BCUT2D eigenvalue weighted by Crippen LogP contribution is 1.88. The van der Waals surface area contributed by atoms with Crippen LogP contribution in [-0.2, 0) is 13.1 Å². The van der Waals surface area contributed by atoms with Crippen molar-refractivity contribution in [3.8, 4) is 0 Å². The fraction of sp³-hybridized carbons (Fsp3) is 0.667. The van der Waals surface area contributed by atoms with Crippen LogP contribution < -0.4 is 4.57 Å². The third-order valence-corrected chi connectivity index (χ3v) is 1.70. The number of aliphatic hydroxyl groups excluding tert-OH is 1. The molecule has 1 rings (SSSR count). The fourth-order valence-corrected chi connectivity index (χ4v) is 1.24. The highest BCUT2D eigenvalue weighted by Gasteiger charge is 2.04. The number of rotatable bonds is 4. The Morgan fingerprint density at radius 3 is 2.92 bits per heavy atom. The Balaban J connectivity index is 2.52. The van der Waals surface area contributed by atoms with Gasteiger partial charge >= 0.3 is 0 Å². The molecule has 0 radical (unpaired) electrons. The topological polar surface area (TPSA) is 29.0 Å². The predicted molar refractivity (Wildman–Crippen MR) is 46.6 cm³/mol. The molecule has 1 heterocycles. The van der Waals surface area contributed by atoms with E-state index in [1.807, 2.05) is 23.3 Å². The van der Waals surface area contributed by atoms with Gasteiger partial charge < -0.3 is 5.11 Å². The quantitative estimate of drug-likeness (QED) is 0.656. The van der Waals surface area contributed by atoms with Gasteiger partial charge in [0, 0.05) is 0 Å². The summed E-state index contributed by atoms with van der Waals surface area (Å²) >= 11 is 0. The number of imidazole rings is 1. The molecule has 0 saturated carbocycles. The minimum absolute atomic E-state index is 0.271. The lowest BCUT2D eigenvalue weighted by Gasteiger charge is -1.97. The first-order chi connectivity index (χ1) is 5.72. The maximum Gasteiger partial charge on any atom is 0.243 e. The van der Waals surface area contributed by atoms with Gasteiger partial charge in [-0.25, -0.2) is 9.13 Å². The van der Waals surface area contributed by atoms with Gasteiger partial charge in [0.1, 0.15) is 18.9 Å². The lowest BCUT2D eigenvalue weighted by Crippen LogP contribution is -2.36. The molecule has 0 aliphatic carbocycles. The maximum atomic E-state index is 9.11. The van der Waals surface area contributed by atoms with Crippen LogP contribution in [0.5, 0.6) is 0 Å². The highest BCUT2D eigenvalue weighted by molar-refractivity contribution is 4.65. The van der Waals surface area contributed by atoms with E-state index in [0.717, 1.165) is 13.0 Å². The highest BCUT2D eigenvalue weighted by atomic mass is 16.3. The molecular formula is C9H17N2O+. The van der Waals surface area contributed by atoms with Crippen LogP contribution in [0.15, 0.2) is 18.7 Å². The Hall–Kier alpha value is -0.830. The molecule has 1 atom stereocenters. The van der Waals surface area contributed by atoms with E-state index in [1.54, 1.807) is 6.92 Å². The van der Waals surface area contributed by atoms with Gasteiger partial charge in [-0.15, -0.1) is 0 Å². The summed E-state index contributed by atoms with van der Waals surface area (Å²) in [5, 5.41) is 9.11. The summed E-state index contributed by atoms with van der Waals surface area (Å²) in [4.78, 5) is 0. The normalized spacial score (nSPS) is 13.2. The average molecular weight is 169 g/mol. The molecular weight excluding hydrogens is 152 g/mol. The Bertz CT molecular complexity index is 230. The average Bonchev–Trinajstić information content (AvgIpc) is 2.36. The zero-order valence-corrected chi connectivity index (χ0v) is 7.77. The van der Waals surface area contributed by atoms with Gasteiger partial charge in [0.05, 0.1) is 12.6 Å². The van der Waals surface area contributed by atoms with Crippen molar-refractivity contribution in [2.24, 2.45) is 0 Å². The van der Waals surface area contributed by atoms with Gasteiger partial charge in [0.2, 0.25) is 6.33 Å². The van der Waals surface area contributed by atoms with Crippen LogP contribution in [0.2, 0.25) is 0 Å². The van der Waals surface area contributed by atoms with E-state index >= 15 is 0 Å². The largest absolute Gasteiger partial charge is 0.389 e. The number of hydrogen-bond donors (Lipinski definition) is 1. The van der Waals surface area contributed by atoms with Gasteiger partial charge in [-0.1, -0.05) is 6.92 Å². The molecule has 0 aromatic carbocycles. The molecule has 1 aromatic rings. The molecule has 1 N–H and O–H groups in total.